The molecule has 36 heavy (non-hydrogen) atoms. The number of carbonyl (C=O) groups excluding carboxylic acids is 1. The number of ether oxygens (including phenoxy) is 2. The van der Waals surface area contributed by atoms with Crippen LogP contribution in [0.1, 0.15) is 41.9 Å². The Morgan fingerprint density at radius 2 is 1.72 bits per heavy atom. The Morgan fingerprint density at radius 1 is 1.03 bits per heavy atom. The first-order chi connectivity index (χ1) is 17.4. The van der Waals surface area contributed by atoms with Crippen LogP contribution in [-0.2, 0) is 6.54 Å². The summed E-state index contributed by atoms with van der Waals surface area (Å²) < 4.78 is 27.6. The fourth-order valence-electron chi connectivity index (χ4n) is 3.98. The molecule has 0 aliphatic heterocycles. The van der Waals surface area contributed by atoms with Crippen molar-refractivity contribution in [1.29, 1.82) is 0 Å². The number of halogens is 1. The zero-order valence-electron chi connectivity index (χ0n) is 20.9. The molecule has 4 aromatic rings. The molecular weight excluding hydrogens is 457 g/mol. The molecule has 0 radical (unpaired) electrons. The highest BCUT2D eigenvalue weighted by Crippen LogP contribution is 2.36. The highest BCUT2D eigenvalue weighted by atomic mass is 19.1. The van der Waals surface area contributed by atoms with Gasteiger partial charge in [0.2, 0.25) is 5.88 Å². The molecule has 0 N–H and O–H groups in total. The third kappa shape index (κ3) is 5.25. The Kier molecular flexibility index (Phi) is 7.68. The highest BCUT2D eigenvalue weighted by molar-refractivity contribution is 5.94. The number of rotatable bonds is 9. The largest absolute Gasteiger partial charge is 0.493 e. The van der Waals surface area contributed by atoms with E-state index in [4.69, 9.17) is 14.6 Å². The molecule has 186 valence electrons. The molecule has 3 aromatic carbocycles. The van der Waals surface area contributed by atoms with Crippen LogP contribution in [0.3, 0.4) is 0 Å². The van der Waals surface area contributed by atoms with Crippen LogP contribution >= 0.6 is 0 Å². The lowest BCUT2D eigenvalue weighted by Gasteiger charge is -2.29. The minimum Gasteiger partial charge on any atom is -0.493 e. The van der Waals surface area contributed by atoms with E-state index in [-0.39, 0.29) is 18.5 Å². The van der Waals surface area contributed by atoms with Gasteiger partial charge < -0.3 is 14.4 Å². The molecule has 0 aliphatic rings. The number of aryl methyl sites for hydroxylation is 1. The summed E-state index contributed by atoms with van der Waals surface area (Å²) in [7, 11) is 1.59. The van der Waals surface area contributed by atoms with E-state index in [0.717, 1.165) is 23.4 Å². The highest BCUT2D eigenvalue weighted by Gasteiger charge is 2.27. The molecule has 7 heteroatoms. The van der Waals surface area contributed by atoms with Gasteiger partial charge in [0.1, 0.15) is 5.82 Å². The summed E-state index contributed by atoms with van der Waals surface area (Å²) in [5.74, 6) is 0.905. The maximum Gasteiger partial charge on any atom is 0.254 e. The van der Waals surface area contributed by atoms with Crippen molar-refractivity contribution in [2.75, 3.05) is 7.11 Å². The van der Waals surface area contributed by atoms with Crippen molar-refractivity contribution in [2.24, 2.45) is 0 Å². The predicted octanol–water partition coefficient (Wildman–Crippen LogP) is 6.56. The van der Waals surface area contributed by atoms with Gasteiger partial charge in [-0.1, -0.05) is 43.3 Å². The molecule has 0 saturated carbocycles. The summed E-state index contributed by atoms with van der Waals surface area (Å²) in [4.78, 5) is 15.3. The van der Waals surface area contributed by atoms with Gasteiger partial charge in [-0.3, -0.25) is 4.79 Å². The minimum absolute atomic E-state index is 0.0978. The molecule has 6 nitrogen and oxygen atoms in total. The molecule has 4 rings (SSSR count). The van der Waals surface area contributed by atoms with Crippen LogP contribution in [0, 0.1) is 12.7 Å². The number of nitrogens with zero attached hydrogens (tertiary/aromatic N) is 3. The molecule has 0 fully saturated rings. The average Bonchev–Trinajstić information content (AvgIpc) is 3.21. The number of amides is 1. The smallest absolute Gasteiger partial charge is 0.254 e. The third-order valence-corrected chi connectivity index (χ3v) is 6.20. The molecule has 0 bridgehead atoms. The first kappa shape index (κ1) is 25.0. The van der Waals surface area contributed by atoms with Gasteiger partial charge in [-0.15, -0.1) is 0 Å². The Morgan fingerprint density at radius 3 is 2.39 bits per heavy atom. The quantitative estimate of drug-likeness (QED) is 0.268. The number of benzene rings is 3. The van der Waals surface area contributed by atoms with Crippen molar-refractivity contribution < 1.29 is 18.7 Å². The molecule has 1 heterocycles. The van der Waals surface area contributed by atoms with E-state index in [1.54, 1.807) is 28.8 Å². The summed E-state index contributed by atoms with van der Waals surface area (Å²) in [6.07, 6.45) is 0.732. The van der Waals surface area contributed by atoms with Gasteiger partial charge in [-0.25, -0.2) is 9.07 Å². The van der Waals surface area contributed by atoms with E-state index in [1.807, 2.05) is 75.4 Å². The molecule has 0 aliphatic carbocycles. The van der Waals surface area contributed by atoms with Crippen LogP contribution < -0.4 is 9.47 Å². The Hall–Kier alpha value is -4.13. The number of aromatic nitrogens is 2. The van der Waals surface area contributed by atoms with Crippen molar-refractivity contribution in [2.45, 2.75) is 39.8 Å². The van der Waals surface area contributed by atoms with Gasteiger partial charge in [0.25, 0.3) is 5.91 Å². The fraction of sp³-hybridized carbons (Fsp3) is 0.241. The predicted molar refractivity (Wildman–Crippen MR) is 137 cm³/mol. The first-order valence-corrected chi connectivity index (χ1v) is 11.9. The van der Waals surface area contributed by atoms with Gasteiger partial charge >= 0.3 is 0 Å². The summed E-state index contributed by atoms with van der Waals surface area (Å²) in [6, 6.07) is 22.7. The van der Waals surface area contributed by atoms with Crippen molar-refractivity contribution in [1.82, 2.24) is 14.7 Å². The second-order valence-electron chi connectivity index (χ2n) is 8.57. The fourth-order valence-corrected chi connectivity index (χ4v) is 3.98. The van der Waals surface area contributed by atoms with Crippen LogP contribution in [0.2, 0.25) is 0 Å². The van der Waals surface area contributed by atoms with E-state index in [9.17, 15) is 9.18 Å². The number of carbonyl (C=O) groups is 1. The molecule has 1 atom stereocenters. The monoisotopic (exact) mass is 487 g/mol. The first-order valence-electron chi connectivity index (χ1n) is 11.9. The van der Waals surface area contributed by atoms with Crippen LogP contribution in [0.15, 0.2) is 78.9 Å². The maximum absolute atomic E-state index is 13.9. The summed E-state index contributed by atoms with van der Waals surface area (Å²) in [5, 5.41) is 4.77. The second-order valence-corrected chi connectivity index (χ2v) is 8.57. The van der Waals surface area contributed by atoms with Crippen molar-refractivity contribution in [3.8, 4) is 23.1 Å². The lowest BCUT2D eigenvalue weighted by Crippen LogP contribution is -2.38. The normalized spacial score (nSPS) is 11.7. The zero-order chi connectivity index (χ0) is 25.7. The van der Waals surface area contributed by atoms with Crippen molar-refractivity contribution in [3.63, 3.8) is 0 Å². The minimum atomic E-state index is -0.446. The van der Waals surface area contributed by atoms with Crippen LogP contribution in [0.4, 0.5) is 4.39 Å². The molecule has 0 saturated heterocycles. The molecule has 1 amide bonds. The lowest BCUT2D eigenvalue weighted by atomic mass is 10.1. The Balaban J connectivity index is 1.81. The molecule has 0 spiro atoms. The lowest BCUT2D eigenvalue weighted by molar-refractivity contribution is 0.0669. The number of methoxy groups -OCH3 is 1. The van der Waals surface area contributed by atoms with Crippen LogP contribution in [0.25, 0.3) is 5.69 Å². The third-order valence-electron chi connectivity index (χ3n) is 6.20. The van der Waals surface area contributed by atoms with Gasteiger partial charge in [-0.05, 0) is 62.7 Å². The Bertz CT molecular complexity index is 1340. The number of hydrogen-bond acceptors (Lipinski definition) is 4. The SMILES string of the molecule is CCC(C)N(Cc1c(C)nn(-c2ccccc2)c1Oc1ccccc1OC)C(=O)c1cccc(F)c1. The van der Waals surface area contributed by atoms with E-state index in [0.29, 0.717) is 22.9 Å². The Labute approximate surface area is 210 Å². The second kappa shape index (κ2) is 11.1. The maximum atomic E-state index is 13.9. The van der Waals surface area contributed by atoms with E-state index in [1.165, 1.54) is 12.1 Å². The van der Waals surface area contributed by atoms with Crippen molar-refractivity contribution in [3.05, 3.63) is 102 Å². The van der Waals surface area contributed by atoms with Crippen LogP contribution in [-0.4, -0.2) is 33.7 Å². The molecule has 1 aromatic heterocycles. The average molecular weight is 488 g/mol. The van der Waals surface area contributed by atoms with Gasteiger partial charge in [0.15, 0.2) is 11.5 Å². The number of para-hydroxylation sites is 3. The van der Waals surface area contributed by atoms with E-state index >= 15 is 0 Å². The number of hydrogen-bond donors (Lipinski definition) is 0. The molecular formula is C29H30FN3O3. The van der Waals surface area contributed by atoms with E-state index in [2.05, 4.69) is 0 Å². The van der Waals surface area contributed by atoms with Crippen molar-refractivity contribution >= 4 is 5.91 Å². The van der Waals surface area contributed by atoms with Gasteiger partial charge in [0.05, 0.1) is 30.6 Å². The van der Waals surface area contributed by atoms with E-state index < -0.39 is 5.82 Å². The summed E-state index contributed by atoms with van der Waals surface area (Å²) in [5.41, 5.74) is 2.61. The summed E-state index contributed by atoms with van der Waals surface area (Å²) in [6.45, 7) is 6.14. The van der Waals surface area contributed by atoms with Crippen LogP contribution in [0.5, 0.6) is 17.4 Å². The molecule has 1 unspecified atom stereocenters. The van der Waals surface area contributed by atoms with Gasteiger partial charge in [0, 0.05) is 11.6 Å². The van der Waals surface area contributed by atoms with Gasteiger partial charge in [-0.2, -0.15) is 5.10 Å². The standard InChI is InChI=1S/C29H30FN3O3/c1-5-20(2)32(28(34)22-12-11-13-23(30)18-22)19-25-21(3)31-33(24-14-7-6-8-15-24)29(25)36-27-17-10-9-16-26(27)35-4/h6-18,20H,5,19H2,1-4H3. The topological polar surface area (TPSA) is 56.6 Å². The summed E-state index contributed by atoms with van der Waals surface area (Å²) >= 11 is 0. The zero-order valence-corrected chi connectivity index (χ0v) is 20.9.